The molecule has 22 heavy (non-hydrogen) atoms. The highest BCUT2D eigenvalue weighted by molar-refractivity contribution is 7.89. The SMILES string of the molecule is CCC(CNS(=O)(=O)c1cc(F)cc(F)c1)c1ccccc1. The molecule has 2 aromatic carbocycles. The van der Waals surface area contributed by atoms with Crippen molar-refractivity contribution in [2.45, 2.75) is 24.2 Å². The van der Waals surface area contributed by atoms with Gasteiger partial charge in [0.2, 0.25) is 10.0 Å². The lowest BCUT2D eigenvalue weighted by molar-refractivity contribution is 0.554. The molecule has 0 bridgehead atoms. The predicted octanol–water partition coefficient (Wildman–Crippen LogP) is 3.44. The number of sulfonamides is 1. The van der Waals surface area contributed by atoms with E-state index in [-0.39, 0.29) is 12.5 Å². The molecule has 0 aliphatic carbocycles. The third kappa shape index (κ3) is 4.11. The van der Waals surface area contributed by atoms with Gasteiger partial charge in [0.25, 0.3) is 0 Å². The lowest BCUT2D eigenvalue weighted by atomic mass is 9.97. The lowest BCUT2D eigenvalue weighted by Gasteiger charge is -2.16. The van der Waals surface area contributed by atoms with E-state index in [0.29, 0.717) is 6.07 Å². The summed E-state index contributed by atoms with van der Waals surface area (Å²) in [6.45, 7) is 2.12. The van der Waals surface area contributed by atoms with Crippen LogP contribution >= 0.6 is 0 Å². The van der Waals surface area contributed by atoms with E-state index in [2.05, 4.69) is 4.72 Å². The van der Waals surface area contributed by atoms with Crippen molar-refractivity contribution >= 4 is 10.0 Å². The van der Waals surface area contributed by atoms with Crippen molar-refractivity contribution in [3.63, 3.8) is 0 Å². The molecule has 0 amide bonds. The van der Waals surface area contributed by atoms with Crippen molar-refractivity contribution in [3.05, 3.63) is 65.7 Å². The summed E-state index contributed by atoms with van der Waals surface area (Å²) in [4.78, 5) is -0.409. The van der Waals surface area contributed by atoms with Crippen molar-refractivity contribution in [3.8, 4) is 0 Å². The van der Waals surface area contributed by atoms with Crippen molar-refractivity contribution < 1.29 is 17.2 Å². The molecule has 0 saturated heterocycles. The van der Waals surface area contributed by atoms with Crippen LogP contribution in [0.4, 0.5) is 8.78 Å². The van der Waals surface area contributed by atoms with Gasteiger partial charge >= 0.3 is 0 Å². The van der Waals surface area contributed by atoms with Crippen LogP contribution in [0, 0.1) is 11.6 Å². The zero-order valence-electron chi connectivity index (χ0n) is 12.1. The molecule has 0 saturated carbocycles. The second-order valence-electron chi connectivity index (χ2n) is 4.97. The van der Waals surface area contributed by atoms with Gasteiger partial charge in [0.05, 0.1) is 4.90 Å². The quantitative estimate of drug-likeness (QED) is 0.884. The maximum atomic E-state index is 13.2. The predicted molar refractivity (Wildman–Crippen MR) is 81.0 cm³/mol. The molecule has 2 rings (SSSR count). The van der Waals surface area contributed by atoms with Gasteiger partial charge in [-0.3, -0.25) is 0 Å². The van der Waals surface area contributed by atoms with E-state index in [9.17, 15) is 17.2 Å². The van der Waals surface area contributed by atoms with Gasteiger partial charge in [-0.05, 0) is 30.0 Å². The van der Waals surface area contributed by atoms with Crippen molar-refractivity contribution in [2.24, 2.45) is 0 Å². The molecule has 1 unspecified atom stereocenters. The number of benzene rings is 2. The number of nitrogens with one attached hydrogen (secondary N) is 1. The first-order valence-corrected chi connectivity index (χ1v) is 8.41. The first-order valence-electron chi connectivity index (χ1n) is 6.93. The topological polar surface area (TPSA) is 46.2 Å². The minimum absolute atomic E-state index is 0.00520. The molecule has 1 atom stereocenters. The van der Waals surface area contributed by atoms with E-state index in [0.717, 1.165) is 24.1 Å². The summed E-state index contributed by atoms with van der Waals surface area (Å²) in [6, 6.07) is 11.7. The molecule has 0 heterocycles. The number of hydrogen-bond donors (Lipinski definition) is 1. The second kappa shape index (κ2) is 6.98. The standard InChI is InChI=1S/C16H17F2NO2S/c1-2-12(13-6-4-3-5-7-13)11-19-22(20,21)16-9-14(17)8-15(18)10-16/h3-10,12,19H,2,11H2,1H3. The monoisotopic (exact) mass is 325 g/mol. The Morgan fingerprint density at radius 2 is 1.64 bits per heavy atom. The van der Waals surface area contributed by atoms with E-state index in [1.807, 2.05) is 37.3 Å². The van der Waals surface area contributed by atoms with E-state index < -0.39 is 26.6 Å². The smallest absolute Gasteiger partial charge is 0.211 e. The molecule has 0 fully saturated rings. The first kappa shape index (κ1) is 16.6. The summed E-state index contributed by atoms with van der Waals surface area (Å²) in [6.07, 6.45) is 0.740. The highest BCUT2D eigenvalue weighted by Crippen LogP contribution is 2.20. The molecule has 0 aromatic heterocycles. The van der Waals surface area contributed by atoms with Crippen LogP contribution in [0.1, 0.15) is 24.8 Å². The zero-order chi connectivity index (χ0) is 16.2. The van der Waals surface area contributed by atoms with Gasteiger partial charge in [-0.2, -0.15) is 0 Å². The van der Waals surface area contributed by atoms with Gasteiger partial charge in [0.1, 0.15) is 11.6 Å². The highest BCUT2D eigenvalue weighted by atomic mass is 32.2. The lowest BCUT2D eigenvalue weighted by Crippen LogP contribution is -2.28. The van der Waals surface area contributed by atoms with E-state index in [4.69, 9.17) is 0 Å². The van der Waals surface area contributed by atoms with Gasteiger partial charge in [0.15, 0.2) is 0 Å². The Labute approximate surface area is 129 Å². The zero-order valence-corrected chi connectivity index (χ0v) is 12.9. The van der Waals surface area contributed by atoms with E-state index >= 15 is 0 Å². The van der Waals surface area contributed by atoms with Crippen molar-refractivity contribution in [1.82, 2.24) is 4.72 Å². The highest BCUT2D eigenvalue weighted by Gasteiger charge is 2.18. The Hall–Kier alpha value is -1.79. The summed E-state index contributed by atoms with van der Waals surface area (Å²) >= 11 is 0. The summed E-state index contributed by atoms with van der Waals surface area (Å²) in [5.74, 6) is -1.85. The fourth-order valence-electron chi connectivity index (χ4n) is 2.20. The molecule has 0 aliphatic rings. The van der Waals surface area contributed by atoms with Crippen molar-refractivity contribution in [1.29, 1.82) is 0 Å². The molecule has 0 spiro atoms. The van der Waals surface area contributed by atoms with Gasteiger partial charge < -0.3 is 0 Å². The fourth-order valence-corrected chi connectivity index (χ4v) is 3.32. The Kier molecular flexibility index (Phi) is 5.26. The third-order valence-corrected chi connectivity index (χ3v) is 4.83. The van der Waals surface area contributed by atoms with Gasteiger partial charge in [-0.25, -0.2) is 21.9 Å². The molecule has 1 N–H and O–H groups in total. The van der Waals surface area contributed by atoms with Gasteiger partial charge in [-0.1, -0.05) is 37.3 Å². The summed E-state index contributed by atoms with van der Waals surface area (Å²) in [7, 11) is -3.95. The second-order valence-corrected chi connectivity index (χ2v) is 6.74. The largest absolute Gasteiger partial charge is 0.240 e. The number of halogens is 2. The molecule has 2 aromatic rings. The first-order chi connectivity index (χ1) is 10.4. The van der Waals surface area contributed by atoms with Crippen LogP contribution < -0.4 is 4.72 Å². The van der Waals surface area contributed by atoms with Crippen LogP contribution in [0.5, 0.6) is 0 Å². The number of hydrogen-bond acceptors (Lipinski definition) is 2. The van der Waals surface area contributed by atoms with Crippen LogP contribution in [0.25, 0.3) is 0 Å². The molecule has 6 heteroatoms. The normalized spacial score (nSPS) is 13.0. The molecular weight excluding hydrogens is 308 g/mol. The van der Waals surface area contributed by atoms with Gasteiger partial charge in [0, 0.05) is 12.6 Å². The van der Waals surface area contributed by atoms with Crippen LogP contribution in [-0.4, -0.2) is 15.0 Å². The van der Waals surface area contributed by atoms with Crippen LogP contribution in [-0.2, 0) is 10.0 Å². The summed E-state index contributed by atoms with van der Waals surface area (Å²) < 4.78 is 53.0. The molecule has 118 valence electrons. The third-order valence-electron chi connectivity index (χ3n) is 3.43. The summed E-state index contributed by atoms with van der Waals surface area (Å²) in [5.41, 5.74) is 1.01. The fraction of sp³-hybridized carbons (Fsp3) is 0.250. The maximum absolute atomic E-state index is 13.2. The van der Waals surface area contributed by atoms with E-state index in [1.165, 1.54) is 0 Å². The van der Waals surface area contributed by atoms with Crippen molar-refractivity contribution in [2.75, 3.05) is 6.54 Å². The van der Waals surface area contributed by atoms with Crippen LogP contribution in [0.15, 0.2) is 53.4 Å². The Bertz CT molecular complexity index is 713. The minimum atomic E-state index is -3.95. The average Bonchev–Trinajstić information content (AvgIpc) is 2.48. The van der Waals surface area contributed by atoms with Gasteiger partial charge in [-0.15, -0.1) is 0 Å². The molecular formula is C16H17F2NO2S. The van der Waals surface area contributed by atoms with Crippen LogP contribution in [0.3, 0.4) is 0 Å². The molecule has 0 aliphatic heterocycles. The Morgan fingerprint density at radius 3 is 2.18 bits per heavy atom. The molecule has 0 radical (unpaired) electrons. The number of rotatable bonds is 6. The Balaban J connectivity index is 2.15. The Morgan fingerprint density at radius 1 is 1.05 bits per heavy atom. The minimum Gasteiger partial charge on any atom is -0.211 e. The average molecular weight is 325 g/mol. The van der Waals surface area contributed by atoms with Crippen LogP contribution in [0.2, 0.25) is 0 Å². The summed E-state index contributed by atoms with van der Waals surface area (Å²) in [5, 5.41) is 0. The molecule has 3 nitrogen and oxygen atoms in total. The maximum Gasteiger partial charge on any atom is 0.240 e. The van der Waals surface area contributed by atoms with E-state index in [1.54, 1.807) is 0 Å².